The van der Waals surface area contributed by atoms with Crippen LogP contribution >= 0.6 is 24.0 Å². The van der Waals surface area contributed by atoms with Gasteiger partial charge in [-0.3, -0.25) is 0 Å². The molecule has 0 saturated carbocycles. The van der Waals surface area contributed by atoms with Crippen molar-refractivity contribution in [1.29, 1.82) is 0 Å². The van der Waals surface area contributed by atoms with Gasteiger partial charge in [-0.25, -0.2) is 9.98 Å². The van der Waals surface area contributed by atoms with E-state index in [9.17, 15) is 13.2 Å². The number of guanidine groups is 1. The number of anilines is 1. The van der Waals surface area contributed by atoms with Crippen LogP contribution in [0.4, 0.5) is 18.9 Å². The third-order valence-corrected chi connectivity index (χ3v) is 3.67. The fourth-order valence-corrected chi connectivity index (χ4v) is 2.42. The first-order valence-corrected chi connectivity index (χ1v) is 9.35. The largest absolute Gasteiger partial charge is 0.493 e. The van der Waals surface area contributed by atoms with Crippen molar-refractivity contribution in [1.82, 2.24) is 10.3 Å². The normalized spacial score (nSPS) is 11.4. The zero-order chi connectivity index (χ0) is 22.0. The van der Waals surface area contributed by atoms with E-state index >= 15 is 0 Å². The molecule has 1 aromatic carbocycles. The summed E-state index contributed by atoms with van der Waals surface area (Å²) in [7, 11) is 1.57. The first kappa shape index (κ1) is 26.6. The molecule has 7 nitrogen and oxygen atoms in total. The molecule has 0 amide bonds. The predicted molar refractivity (Wildman–Crippen MR) is 124 cm³/mol. The molecule has 0 aliphatic heterocycles. The third-order valence-electron chi connectivity index (χ3n) is 3.67. The van der Waals surface area contributed by atoms with Crippen molar-refractivity contribution in [2.24, 2.45) is 4.99 Å². The Bertz CT molecular complexity index is 851. The van der Waals surface area contributed by atoms with Gasteiger partial charge in [-0.2, -0.15) is 13.2 Å². The summed E-state index contributed by atoms with van der Waals surface area (Å²) in [4.78, 5) is 8.25. The number of ether oxygens (including phenoxy) is 3. The van der Waals surface area contributed by atoms with Crippen LogP contribution in [0.5, 0.6) is 17.4 Å². The Kier molecular flexibility index (Phi) is 11.2. The molecule has 0 aliphatic carbocycles. The first-order chi connectivity index (χ1) is 14.3. The summed E-state index contributed by atoms with van der Waals surface area (Å²) in [5.74, 6) is 1.61. The van der Waals surface area contributed by atoms with Crippen LogP contribution in [-0.2, 0) is 6.54 Å². The van der Waals surface area contributed by atoms with Gasteiger partial charge in [-0.05, 0) is 37.6 Å². The number of alkyl halides is 3. The second-order valence-electron chi connectivity index (χ2n) is 6.02. The van der Waals surface area contributed by atoms with E-state index < -0.39 is 12.8 Å². The number of pyridine rings is 1. The molecule has 172 valence electrons. The zero-order valence-corrected chi connectivity index (χ0v) is 19.8. The van der Waals surface area contributed by atoms with Gasteiger partial charge in [-0.1, -0.05) is 0 Å². The summed E-state index contributed by atoms with van der Waals surface area (Å²) in [6.45, 7) is 3.75. The van der Waals surface area contributed by atoms with Crippen molar-refractivity contribution in [3.05, 3.63) is 42.1 Å². The van der Waals surface area contributed by atoms with Crippen LogP contribution in [0.3, 0.4) is 0 Å². The highest BCUT2D eigenvalue weighted by Gasteiger charge is 2.28. The van der Waals surface area contributed by atoms with Crippen molar-refractivity contribution in [3.8, 4) is 17.4 Å². The number of hydrogen-bond acceptors (Lipinski definition) is 5. The highest BCUT2D eigenvalue weighted by Crippen LogP contribution is 2.30. The Labute approximate surface area is 196 Å². The molecule has 2 rings (SSSR count). The summed E-state index contributed by atoms with van der Waals surface area (Å²) in [5.41, 5.74) is 1.40. The number of hydrogen-bond donors (Lipinski definition) is 2. The quantitative estimate of drug-likeness (QED) is 0.268. The van der Waals surface area contributed by atoms with E-state index in [0.29, 0.717) is 36.2 Å². The van der Waals surface area contributed by atoms with Gasteiger partial charge in [0, 0.05) is 30.6 Å². The maximum atomic E-state index is 12.3. The van der Waals surface area contributed by atoms with Crippen molar-refractivity contribution in [3.63, 3.8) is 0 Å². The number of aromatic nitrogens is 1. The van der Waals surface area contributed by atoms with Gasteiger partial charge in [0.15, 0.2) is 24.1 Å². The Morgan fingerprint density at radius 3 is 2.52 bits per heavy atom. The molecule has 31 heavy (non-hydrogen) atoms. The van der Waals surface area contributed by atoms with Gasteiger partial charge in [0.25, 0.3) is 0 Å². The van der Waals surface area contributed by atoms with Crippen LogP contribution in [-0.4, -0.2) is 44.0 Å². The SMILES string of the molecule is CCNC(=NCc1ccnc(OCC(F)(F)F)c1)Nc1ccc(OC)c(OCC)c1.I. The number of aliphatic imine (C=N–C) groups is 1. The number of methoxy groups -OCH3 is 1. The van der Waals surface area contributed by atoms with Crippen molar-refractivity contribution in [2.45, 2.75) is 26.6 Å². The third kappa shape index (κ3) is 9.49. The number of nitrogens with one attached hydrogen (secondary N) is 2. The van der Waals surface area contributed by atoms with Crippen LogP contribution < -0.4 is 24.8 Å². The van der Waals surface area contributed by atoms with Crippen LogP contribution in [0, 0.1) is 0 Å². The van der Waals surface area contributed by atoms with Crippen LogP contribution in [0.25, 0.3) is 0 Å². The van der Waals surface area contributed by atoms with Gasteiger partial charge in [-0.15, -0.1) is 24.0 Å². The number of benzene rings is 1. The average molecular weight is 554 g/mol. The molecular weight excluding hydrogens is 528 g/mol. The Morgan fingerprint density at radius 2 is 1.87 bits per heavy atom. The second kappa shape index (κ2) is 13.1. The molecule has 0 bridgehead atoms. The van der Waals surface area contributed by atoms with E-state index in [0.717, 1.165) is 5.69 Å². The van der Waals surface area contributed by atoms with Crippen LogP contribution in [0.15, 0.2) is 41.5 Å². The Balaban J connectivity index is 0.00000480. The van der Waals surface area contributed by atoms with Crippen molar-refractivity contribution >= 4 is 35.6 Å². The minimum atomic E-state index is -4.42. The molecule has 11 heteroatoms. The highest BCUT2D eigenvalue weighted by molar-refractivity contribution is 14.0. The van der Waals surface area contributed by atoms with Gasteiger partial charge < -0.3 is 24.8 Å². The number of nitrogens with zero attached hydrogens (tertiary/aromatic N) is 2. The van der Waals surface area contributed by atoms with E-state index in [1.54, 1.807) is 25.3 Å². The van der Waals surface area contributed by atoms with Crippen molar-refractivity contribution in [2.75, 3.05) is 32.2 Å². The highest BCUT2D eigenvalue weighted by atomic mass is 127. The molecule has 0 unspecified atom stereocenters. The van der Waals surface area contributed by atoms with E-state index in [1.807, 2.05) is 19.9 Å². The maximum absolute atomic E-state index is 12.3. The standard InChI is InChI=1S/C20H25F3N4O3.HI/c1-4-24-19(27-15-6-7-16(28-3)17(11-15)29-5-2)26-12-14-8-9-25-18(10-14)30-13-20(21,22)23;/h6-11H,4-5,12-13H2,1-3H3,(H2,24,26,27);1H. The minimum Gasteiger partial charge on any atom is -0.493 e. The molecule has 0 fully saturated rings. The monoisotopic (exact) mass is 554 g/mol. The van der Waals surface area contributed by atoms with Crippen molar-refractivity contribution < 1.29 is 27.4 Å². The summed E-state index contributed by atoms with van der Waals surface area (Å²) in [6, 6.07) is 8.49. The lowest BCUT2D eigenvalue weighted by Crippen LogP contribution is -2.30. The molecule has 2 N–H and O–H groups in total. The summed E-state index contributed by atoms with van der Waals surface area (Å²) in [6.07, 6.45) is -3.04. The predicted octanol–water partition coefficient (Wildman–Crippen LogP) is 4.63. The fourth-order valence-electron chi connectivity index (χ4n) is 2.42. The zero-order valence-electron chi connectivity index (χ0n) is 17.5. The fraction of sp³-hybridized carbons (Fsp3) is 0.400. The second-order valence-corrected chi connectivity index (χ2v) is 6.02. The molecule has 2 aromatic rings. The lowest BCUT2D eigenvalue weighted by Gasteiger charge is -2.14. The number of rotatable bonds is 9. The molecule has 0 aliphatic rings. The van der Waals surface area contributed by atoms with Gasteiger partial charge >= 0.3 is 6.18 Å². The summed E-state index contributed by atoms with van der Waals surface area (Å²) < 4.78 is 52.4. The van der Waals surface area contributed by atoms with Gasteiger partial charge in [0.1, 0.15) is 0 Å². The Morgan fingerprint density at radius 1 is 1.10 bits per heavy atom. The summed E-state index contributed by atoms with van der Waals surface area (Å²) in [5, 5.41) is 6.28. The van der Waals surface area contributed by atoms with E-state index in [1.165, 1.54) is 12.3 Å². The summed E-state index contributed by atoms with van der Waals surface area (Å²) >= 11 is 0. The van der Waals surface area contributed by atoms with Gasteiger partial charge in [0.2, 0.25) is 5.88 Å². The van der Waals surface area contributed by atoms with Crippen LogP contribution in [0.1, 0.15) is 19.4 Å². The van der Waals surface area contributed by atoms with Gasteiger partial charge in [0.05, 0.1) is 20.3 Å². The van der Waals surface area contributed by atoms with E-state index in [2.05, 4.69) is 25.3 Å². The topological polar surface area (TPSA) is 77.0 Å². The lowest BCUT2D eigenvalue weighted by molar-refractivity contribution is -0.154. The number of halogens is 4. The van der Waals surface area contributed by atoms with E-state index in [4.69, 9.17) is 9.47 Å². The molecule has 1 aromatic heterocycles. The molecule has 0 saturated heterocycles. The molecule has 0 spiro atoms. The Hall–Kier alpha value is -2.44. The molecular formula is C20H26F3IN4O3. The van der Waals surface area contributed by atoms with Crippen LogP contribution in [0.2, 0.25) is 0 Å². The average Bonchev–Trinajstić information content (AvgIpc) is 2.71. The first-order valence-electron chi connectivity index (χ1n) is 9.35. The smallest absolute Gasteiger partial charge is 0.422 e. The molecule has 0 radical (unpaired) electrons. The molecule has 0 atom stereocenters. The maximum Gasteiger partial charge on any atom is 0.422 e. The lowest BCUT2D eigenvalue weighted by atomic mass is 10.2. The molecule has 1 heterocycles. The van der Waals surface area contributed by atoms with E-state index in [-0.39, 0.29) is 36.4 Å². The minimum absolute atomic E-state index is 0.